The molecule has 14 nitrogen and oxygen atoms in total. The molecule has 3 fully saturated rings. The first-order valence-electron chi connectivity index (χ1n) is 18.3. The Kier molecular flexibility index (Phi) is 8.42. The fraction of sp³-hybridized carbons (Fsp3) is 0.432. The molecule has 1 saturated carbocycles. The maximum absolute atomic E-state index is 14.6. The van der Waals surface area contributed by atoms with Gasteiger partial charge in [-0.15, -0.1) is 5.10 Å². The largest absolute Gasteiger partial charge is 0.505 e. The predicted molar refractivity (Wildman–Crippen MR) is 192 cm³/mol. The molecule has 2 aliphatic carbocycles. The molecule has 5 aliphatic rings. The number of aromatic nitrogens is 5. The molecule has 1 aromatic carbocycles. The van der Waals surface area contributed by atoms with Crippen molar-refractivity contribution >= 4 is 46.5 Å². The molecule has 0 unspecified atom stereocenters. The number of hydrogen-bond donors (Lipinski definition) is 2. The first-order valence-corrected chi connectivity index (χ1v) is 18.7. The Hall–Kier alpha value is -5.59. The molecule has 4 amide bonds. The second-order valence-corrected chi connectivity index (χ2v) is 15.6. The van der Waals surface area contributed by atoms with E-state index in [1.807, 2.05) is 0 Å². The number of alkyl halides is 5. The molecule has 57 heavy (non-hydrogen) atoms. The Balaban J connectivity index is 1.06. The van der Waals surface area contributed by atoms with Crippen LogP contribution in [0.3, 0.4) is 0 Å². The van der Waals surface area contributed by atoms with E-state index in [0.717, 1.165) is 21.5 Å². The standard InChI is InChI=1S/C37H33ClF5N9O5/c38-23-14-20(37(41,42)43)3-4-24(23)45-26(54)16-51-29-21-15-22(21)35(7-12-48(13-8-35)32(56)28-25(53)2-1-9-44-28)27(29)31(55)52-33(51)46-30(47-52)19-5-10-49(11-6-19)34(57)50-17-36(39,40)18-50/h1-5,9,14,21-22,53H,6-8,10-13,15-18H2,(H,45,54)/t21-,22+/m0/s1. The van der Waals surface area contributed by atoms with Crippen LogP contribution in [0.2, 0.25) is 5.02 Å². The summed E-state index contributed by atoms with van der Waals surface area (Å²) < 4.78 is 69.5. The lowest BCUT2D eigenvalue weighted by molar-refractivity contribution is -0.137. The van der Waals surface area contributed by atoms with Crippen molar-refractivity contribution in [2.45, 2.75) is 55.7 Å². The zero-order valence-electron chi connectivity index (χ0n) is 29.9. The number of likely N-dealkylation sites (tertiary alicyclic amines) is 2. The third kappa shape index (κ3) is 6.17. The van der Waals surface area contributed by atoms with Crippen LogP contribution < -0.4 is 10.9 Å². The summed E-state index contributed by atoms with van der Waals surface area (Å²) >= 11 is 6.16. The van der Waals surface area contributed by atoms with E-state index in [0.29, 0.717) is 42.2 Å². The topological polar surface area (TPSA) is 158 Å². The molecule has 0 bridgehead atoms. The molecule has 298 valence electrons. The van der Waals surface area contributed by atoms with Gasteiger partial charge >= 0.3 is 12.2 Å². The molecule has 9 rings (SSSR count). The van der Waals surface area contributed by atoms with Crippen LogP contribution in [0.4, 0.5) is 32.4 Å². The molecule has 3 aromatic heterocycles. The number of halogens is 6. The van der Waals surface area contributed by atoms with Gasteiger partial charge in [0.15, 0.2) is 11.5 Å². The highest BCUT2D eigenvalue weighted by Gasteiger charge is 2.64. The van der Waals surface area contributed by atoms with Crippen LogP contribution in [-0.2, 0) is 22.9 Å². The van der Waals surface area contributed by atoms with E-state index < -0.39 is 66.1 Å². The van der Waals surface area contributed by atoms with E-state index in [1.165, 1.54) is 23.2 Å². The van der Waals surface area contributed by atoms with Crippen LogP contribution in [0.25, 0.3) is 11.4 Å². The zero-order chi connectivity index (χ0) is 40.2. The highest BCUT2D eigenvalue weighted by Crippen LogP contribution is 2.67. The highest BCUT2D eigenvalue weighted by atomic mass is 35.5. The molecule has 4 aromatic rings. The maximum atomic E-state index is 14.6. The van der Waals surface area contributed by atoms with E-state index in [-0.39, 0.29) is 78.2 Å². The van der Waals surface area contributed by atoms with Gasteiger partial charge in [0.25, 0.3) is 17.4 Å². The van der Waals surface area contributed by atoms with Crippen LogP contribution in [0.5, 0.6) is 5.75 Å². The summed E-state index contributed by atoms with van der Waals surface area (Å²) in [6.45, 7) is -0.865. The second-order valence-electron chi connectivity index (χ2n) is 15.2. The number of nitrogens with one attached hydrogen (secondary N) is 1. The number of aromatic hydroxyl groups is 1. The Labute approximate surface area is 324 Å². The van der Waals surface area contributed by atoms with E-state index in [9.17, 15) is 46.2 Å². The number of carbonyl (C=O) groups is 3. The predicted octanol–water partition coefficient (Wildman–Crippen LogP) is 4.75. The molecule has 2 atom stereocenters. The quantitative estimate of drug-likeness (QED) is 0.274. The van der Waals surface area contributed by atoms with Crippen LogP contribution in [0.1, 0.15) is 64.7 Å². The summed E-state index contributed by atoms with van der Waals surface area (Å²) in [7, 11) is 0. The number of urea groups is 1. The molecule has 2 N–H and O–H groups in total. The van der Waals surface area contributed by atoms with Crippen molar-refractivity contribution in [3.05, 3.63) is 86.3 Å². The minimum atomic E-state index is -4.64. The molecular weight excluding hydrogens is 781 g/mol. The number of anilines is 1. The van der Waals surface area contributed by atoms with Gasteiger partial charge in [-0.25, -0.2) is 18.6 Å². The summed E-state index contributed by atoms with van der Waals surface area (Å²) in [6.07, 6.45) is 0.260. The Morgan fingerprint density at radius 1 is 1.04 bits per heavy atom. The van der Waals surface area contributed by atoms with Crippen LogP contribution >= 0.6 is 11.6 Å². The minimum absolute atomic E-state index is 0.0295. The zero-order valence-corrected chi connectivity index (χ0v) is 30.7. The third-order valence-corrected chi connectivity index (χ3v) is 12.1. The fourth-order valence-corrected chi connectivity index (χ4v) is 9.20. The van der Waals surface area contributed by atoms with Crippen molar-refractivity contribution < 1.29 is 41.4 Å². The van der Waals surface area contributed by atoms with Gasteiger partial charge in [0.05, 0.1) is 29.4 Å². The first kappa shape index (κ1) is 37.0. The average Bonchev–Trinajstić information content (AvgIpc) is 3.76. The summed E-state index contributed by atoms with van der Waals surface area (Å²) in [5, 5.41) is 17.1. The molecule has 20 heteroatoms. The van der Waals surface area contributed by atoms with E-state index in [2.05, 4.69) is 15.4 Å². The number of pyridine rings is 1. The normalized spacial score (nSPS) is 21.9. The summed E-state index contributed by atoms with van der Waals surface area (Å²) in [5.41, 5.74) is -0.536. The number of fused-ring (bicyclic) bond motifs is 6. The fourth-order valence-electron chi connectivity index (χ4n) is 8.97. The number of rotatable bonds is 5. The van der Waals surface area contributed by atoms with Gasteiger partial charge in [-0.2, -0.15) is 22.7 Å². The molecule has 0 radical (unpaired) electrons. The van der Waals surface area contributed by atoms with Gasteiger partial charge in [0.1, 0.15) is 12.3 Å². The van der Waals surface area contributed by atoms with Crippen LogP contribution in [0.15, 0.2) is 47.4 Å². The number of piperidine rings is 1. The van der Waals surface area contributed by atoms with Crippen LogP contribution in [-0.4, -0.2) is 107 Å². The van der Waals surface area contributed by atoms with E-state index in [4.69, 9.17) is 16.6 Å². The molecule has 2 saturated heterocycles. The van der Waals surface area contributed by atoms with E-state index in [1.54, 1.807) is 15.5 Å². The Morgan fingerprint density at radius 2 is 1.79 bits per heavy atom. The van der Waals surface area contributed by atoms with Gasteiger partial charge < -0.3 is 29.7 Å². The monoisotopic (exact) mass is 813 g/mol. The average molecular weight is 814 g/mol. The molecular formula is C37H33ClF5N9O5. The van der Waals surface area contributed by atoms with Gasteiger partial charge in [0.2, 0.25) is 11.7 Å². The van der Waals surface area contributed by atoms with Gasteiger partial charge in [-0.1, -0.05) is 17.7 Å². The first-order chi connectivity index (χ1) is 27.0. The van der Waals surface area contributed by atoms with Crippen molar-refractivity contribution in [1.82, 2.24) is 38.8 Å². The lowest BCUT2D eigenvalue weighted by Gasteiger charge is -2.41. The SMILES string of the molecule is O=C(Cn1c2c(c(=O)n3nc(C4=CCN(C(=O)N5CC(F)(F)C5)CC4)nc13)C1(CCN(C(=O)c3ncccc3O)CC1)[C@@H]1C[C@H]21)Nc1ccc(C(F)(F)F)cc1Cl. The van der Waals surface area contributed by atoms with Gasteiger partial charge in [-0.3, -0.25) is 14.4 Å². The molecule has 6 heterocycles. The molecule has 1 spiro atoms. The third-order valence-electron chi connectivity index (χ3n) is 11.8. The number of benzene rings is 1. The van der Waals surface area contributed by atoms with Crippen molar-refractivity contribution in [3.63, 3.8) is 0 Å². The van der Waals surface area contributed by atoms with Crippen molar-refractivity contribution in [1.29, 1.82) is 0 Å². The maximum Gasteiger partial charge on any atom is 0.416 e. The number of hydrogen-bond acceptors (Lipinski definition) is 8. The summed E-state index contributed by atoms with van der Waals surface area (Å²) in [4.78, 5) is 67.3. The second kappa shape index (κ2) is 13.0. The minimum Gasteiger partial charge on any atom is -0.505 e. The molecule has 3 aliphatic heterocycles. The highest BCUT2D eigenvalue weighted by molar-refractivity contribution is 6.33. The van der Waals surface area contributed by atoms with Crippen molar-refractivity contribution in [2.24, 2.45) is 5.92 Å². The Bertz CT molecular complexity index is 2470. The number of carbonyl (C=O) groups excluding carboxylic acids is 3. The lowest BCUT2D eigenvalue weighted by Crippen LogP contribution is -2.61. The summed E-state index contributed by atoms with van der Waals surface area (Å²) in [6, 6.07) is 4.96. The van der Waals surface area contributed by atoms with Gasteiger partial charge in [0, 0.05) is 55.0 Å². The Morgan fingerprint density at radius 3 is 2.44 bits per heavy atom. The number of nitrogens with zero attached hydrogens (tertiary/aromatic N) is 8. The van der Waals surface area contributed by atoms with Crippen molar-refractivity contribution in [2.75, 3.05) is 44.6 Å². The van der Waals surface area contributed by atoms with Crippen molar-refractivity contribution in [3.8, 4) is 5.75 Å². The lowest BCUT2D eigenvalue weighted by atomic mass is 9.71. The number of amides is 4. The van der Waals surface area contributed by atoms with Gasteiger partial charge in [-0.05, 0) is 67.5 Å². The smallest absolute Gasteiger partial charge is 0.416 e. The van der Waals surface area contributed by atoms with Crippen LogP contribution in [0, 0.1) is 5.92 Å². The van der Waals surface area contributed by atoms with E-state index >= 15 is 0 Å². The summed E-state index contributed by atoms with van der Waals surface area (Å²) in [5.74, 6) is -4.09.